The van der Waals surface area contributed by atoms with E-state index in [9.17, 15) is 0 Å². The molecule has 0 spiro atoms. The fourth-order valence-corrected chi connectivity index (χ4v) is 0.851. The van der Waals surface area contributed by atoms with Crippen LogP contribution in [0, 0.1) is 0 Å². The number of rotatable bonds is 3. The van der Waals surface area contributed by atoms with Crippen molar-refractivity contribution in [1.29, 1.82) is 0 Å². The van der Waals surface area contributed by atoms with Gasteiger partial charge in [-0.25, -0.2) is 0 Å². The zero-order valence-electron chi connectivity index (χ0n) is 6.90. The number of aliphatic hydroxyl groups excluding tert-OH is 1. The topological polar surface area (TPSA) is 68.4 Å². The van der Waals surface area contributed by atoms with E-state index in [1.165, 1.54) is 0 Å². The second-order valence-corrected chi connectivity index (χ2v) is 2.41. The SMILES string of the molecule is COc1ccnc(C(N)CO)c1. The molecular formula is C8H12N2O2. The molecule has 1 aromatic rings. The van der Waals surface area contributed by atoms with Gasteiger partial charge in [-0.15, -0.1) is 0 Å². The summed E-state index contributed by atoms with van der Waals surface area (Å²) in [5.41, 5.74) is 6.19. The zero-order valence-corrected chi connectivity index (χ0v) is 6.90. The molecule has 1 unspecified atom stereocenters. The third-order valence-electron chi connectivity index (χ3n) is 1.56. The van der Waals surface area contributed by atoms with Gasteiger partial charge >= 0.3 is 0 Å². The monoisotopic (exact) mass is 168 g/mol. The number of hydrogen-bond acceptors (Lipinski definition) is 4. The maximum atomic E-state index is 8.75. The minimum Gasteiger partial charge on any atom is -0.497 e. The summed E-state index contributed by atoms with van der Waals surface area (Å²) in [4.78, 5) is 3.99. The van der Waals surface area contributed by atoms with Crippen LogP contribution in [0.4, 0.5) is 0 Å². The van der Waals surface area contributed by atoms with Gasteiger partial charge in [-0.2, -0.15) is 0 Å². The first-order valence-electron chi connectivity index (χ1n) is 3.64. The van der Waals surface area contributed by atoms with Crippen molar-refractivity contribution >= 4 is 0 Å². The maximum Gasteiger partial charge on any atom is 0.122 e. The van der Waals surface area contributed by atoms with Crippen LogP contribution >= 0.6 is 0 Å². The van der Waals surface area contributed by atoms with Gasteiger partial charge in [0.2, 0.25) is 0 Å². The Morgan fingerprint density at radius 2 is 2.50 bits per heavy atom. The number of methoxy groups -OCH3 is 1. The van der Waals surface area contributed by atoms with Gasteiger partial charge in [0.25, 0.3) is 0 Å². The molecule has 0 aliphatic rings. The van der Waals surface area contributed by atoms with E-state index in [-0.39, 0.29) is 6.61 Å². The standard InChI is InChI=1S/C8H12N2O2/c1-12-6-2-3-10-8(4-6)7(9)5-11/h2-4,7,11H,5,9H2,1H3. The van der Waals surface area contributed by atoms with Crippen molar-refractivity contribution in [3.8, 4) is 5.75 Å². The van der Waals surface area contributed by atoms with Crippen LogP contribution in [0.2, 0.25) is 0 Å². The number of nitrogens with two attached hydrogens (primary N) is 1. The average molecular weight is 168 g/mol. The van der Waals surface area contributed by atoms with E-state index >= 15 is 0 Å². The van der Waals surface area contributed by atoms with Crippen molar-refractivity contribution in [2.75, 3.05) is 13.7 Å². The lowest BCUT2D eigenvalue weighted by molar-refractivity contribution is 0.265. The molecule has 0 bridgehead atoms. The highest BCUT2D eigenvalue weighted by atomic mass is 16.5. The Hall–Kier alpha value is -1.13. The van der Waals surface area contributed by atoms with Crippen LogP contribution < -0.4 is 10.5 Å². The molecule has 4 heteroatoms. The van der Waals surface area contributed by atoms with E-state index in [0.717, 1.165) is 0 Å². The molecule has 1 heterocycles. The molecule has 66 valence electrons. The van der Waals surface area contributed by atoms with E-state index in [4.69, 9.17) is 15.6 Å². The Morgan fingerprint density at radius 1 is 1.75 bits per heavy atom. The normalized spacial score (nSPS) is 12.6. The largest absolute Gasteiger partial charge is 0.497 e. The lowest BCUT2D eigenvalue weighted by Crippen LogP contribution is -2.15. The number of aromatic nitrogens is 1. The van der Waals surface area contributed by atoms with E-state index in [1.54, 1.807) is 25.4 Å². The predicted octanol–water partition coefficient (Wildman–Crippen LogP) is 0.0823. The zero-order chi connectivity index (χ0) is 8.97. The van der Waals surface area contributed by atoms with Gasteiger partial charge in [0.05, 0.1) is 25.5 Å². The molecule has 0 aliphatic carbocycles. The Balaban J connectivity index is 2.86. The average Bonchev–Trinajstić information content (AvgIpc) is 2.17. The van der Waals surface area contributed by atoms with Crippen LogP contribution in [-0.4, -0.2) is 23.8 Å². The smallest absolute Gasteiger partial charge is 0.122 e. The van der Waals surface area contributed by atoms with Crippen molar-refractivity contribution < 1.29 is 9.84 Å². The first-order valence-corrected chi connectivity index (χ1v) is 3.64. The van der Waals surface area contributed by atoms with Crippen LogP contribution in [0.1, 0.15) is 11.7 Å². The molecule has 1 aromatic heterocycles. The molecule has 0 amide bonds. The molecule has 0 saturated carbocycles. The lowest BCUT2D eigenvalue weighted by Gasteiger charge is -2.07. The molecule has 1 rings (SSSR count). The van der Waals surface area contributed by atoms with Crippen LogP contribution in [0.15, 0.2) is 18.3 Å². The quantitative estimate of drug-likeness (QED) is 0.670. The minimum absolute atomic E-state index is 0.111. The van der Waals surface area contributed by atoms with Crippen LogP contribution in [-0.2, 0) is 0 Å². The molecule has 0 fully saturated rings. The van der Waals surface area contributed by atoms with Crippen molar-refractivity contribution in [3.63, 3.8) is 0 Å². The third-order valence-corrected chi connectivity index (χ3v) is 1.56. The molecule has 0 aromatic carbocycles. The summed E-state index contributed by atoms with van der Waals surface area (Å²) in [5, 5.41) is 8.75. The van der Waals surface area contributed by atoms with Gasteiger partial charge in [0, 0.05) is 12.3 Å². The van der Waals surface area contributed by atoms with Gasteiger partial charge < -0.3 is 15.6 Å². The molecule has 3 N–H and O–H groups in total. The predicted molar refractivity (Wildman–Crippen MR) is 44.8 cm³/mol. The maximum absolute atomic E-state index is 8.75. The van der Waals surface area contributed by atoms with Crippen LogP contribution in [0.25, 0.3) is 0 Å². The Kier molecular flexibility index (Phi) is 3.01. The Morgan fingerprint density at radius 3 is 3.08 bits per heavy atom. The second-order valence-electron chi connectivity index (χ2n) is 2.41. The van der Waals surface area contributed by atoms with Gasteiger partial charge in [0.1, 0.15) is 5.75 Å². The van der Waals surface area contributed by atoms with E-state index in [2.05, 4.69) is 4.98 Å². The number of ether oxygens (including phenoxy) is 1. The molecule has 0 radical (unpaired) electrons. The van der Waals surface area contributed by atoms with Gasteiger partial charge in [-0.3, -0.25) is 4.98 Å². The van der Waals surface area contributed by atoms with E-state index in [1.807, 2.05) is 0 Å². The van der Waals surface area contributed by atoms with Gasteiger partial charge in [0.15, 0.2) is 0 Å². The highest BCUT2D eigenvalue weighted by Gasteiger charge is 2.05. The molecular weight excluding hydrogens is 156 g/mol. The number of nitrogens with zero attached hydrogens (tertiary/aromatic N) is 1. The van der Waals surface area contributed by atoms with E-state index in [0.29, 0.717) is 11.4 Å². The highest BCUT2D eigenvalue weighted by molar-refractivity contribution is 5.24. The second kappa shape index (κ2) is 4.04. The molecule has 0 saturated heterocycles. The molecule has 1 atom stereocenters. The van der Waals surface area contributed by atoms with Crippen molar-refractivity contribution in [3.05, 3.63) is 24.0 Å². The number of aliphatic hydroxyl groups is 1. The summed E-state index contributed by atoms with van der Waals surface area (Å²) in [7, 11) is 1.57. The van der Waals surface area contributed by atoms with Crippen LogP contribution in [0.5, 0.6) is 5.75 Å². The summed E-state index contributed by atoms with van der Waals surface area (Å²) >= 11 is 0. The minimum atomic E-state index is -0.430. The Bertz CT molecular complexity index is 253. The fourth-order valence-electron chi connectivity index (χ4n) is 0.851. The number of hydrogen-bond donors (Lipinski definition) is 2. The van der Waals surface area contributed by atoms with Crippen molar-refractivity contribution in [1.82, 2.24) is 4.98 Å². The lowest BCUT2D eigenvalue weighted by atomic mass is 10.2. The summed E-state index contributed by atoms with van der Waals surface area (Å²) in [6.07, 6.45) is 1.60. The van der Waals surface area contributed by atoms with E-state index < -0.39 is 6.04 Å². The first-order chi connectivity index (χ1) is 5.77. The summed E-state index contributed by atoms with van der Waals surface area (Å²) in [6, 6.07) is 3.01. The third kappa shape index (κ3) is 1.93. The van der Waals surface area contributed by atoms with Gasteiger partial charge in [-0.1, -0.05) is 0 Å². The summed E-state index contributed by atoms with van der Waals surface area (Å²) in [5.74, 6) is 0.698. The molecule has 4 nitrogen and oxygen atoms in total. The number of pyridine rings is 1. The first kappa shape index (κ1) is 8.96. The summed E-state index contributed by atoms with van der Waals surface area (Å²) < 4.78 is 4.97. The van der Waals surface area contributed by atoms with Crippen molar-refractivity contribution in [2.45, 2.75) is 6.04 Å². The molecule has 0 aliphatic heterocycles. The van der Waals surface area contributed by atoms with Crippen molar-refractivity contribution in [2.24, 2.45) is 5.73 Å². The van der Waals surface area contributed by atoms with Crippen LogP contribution in [0.3, 0.4) is 0 Å². The Labute approximate surface area is 71.0 Å². The fraction of sp³-hybridized carbons (Fsp3) is 0.375. The van der Waals surface area contributed by atoms with Gasteiger partial charge in [-0.05, 0) is 6.07 Å². The highest BCUT2D eigenvalue weighted by Crippen LogP contribution is 2.13. The summed E-state index contributed by atoms with van der Waals surface area (Å²) in [6.45, 7) is -0.111. The molecule has 12 heavy (non-hydrogen) atoms.